The predicted octanol–water partition coefficient (Wildman–Crippen LogP) is 3.31. The summed E-state index contributed by atoms with van der Waals surface area (Å²) in [5.41, 5.74) is 6.58. The van der Waals surface area contributed by atoms with Gasteiger partial charge in [-0.15, -0.1) is 0 Å². The average Bonchev–Trinajstić information content (AvgIpc) is 2.81. The molecule has 0 saturated carbocycles. The van der Waals surface area contributed by atoms with E-state index in [9.17, 15) is 27.6 Å². The summed E-state index contributed by atoms with van der Waals surface area (Å²) in [6, 6.07) is 17.2. The van der Waals surface area contributed by atoms with Crippen LogP contribution in [0.2, 0.25) is 0 Å². The van der Waals surface area contributed by atoms with Gasteiger partial charge >= 0.3 is 24.3 Å². The molecule has 2 rings (SSSR count). The number of nitrogens with zero attached hydrogens (tertiary/aromatic N) is 2. The minimum atomic E-state index is -5.12. The van der Waals surface area contributed by atoms with Crippen LogP contribution < -0.4 is 5.73 Å². The standard InChI is InChI=1S/C22H24F3N3O5/c23-22(24,25)19(29)27(12-11-26)13-14-28(20(30)32-15-17-7-3-1-4-8-17)21(31)33-16-18-9-5-2-6-10-18/h1-10H,11-16,26H2. The summed E-state index contributed by atoms with van der Waals surface area (Å²) in [5, 5.41) is 0. The fourth-order valence-electron chi connectivity index (χ4n) is 2.72. The monoisotopic (exact) mass is 467 g/mol. The van der Waals surface area contributed by atoms with Crippen molar-refractivity contribution in [2.75, 3.05) is 26.2 Å². The van der Waals surface area contributed by atoms with Crippen LogP contribution in [-0.2, 0) is 27.5 Å². The van der Waals surface area contributed by atoms with Crippen LogP contribution in [0.4, 0.5) is 22.8 Å². The summed E-state index contributed by atoms with van der Waals surface area (Å²) < 4.78 is 48.8. The molecule has 178 valence electrons. The van der Waals surface area contributed by atoms with Crippen molar-refractivity contribution in [1.82, 2.24) is 9.80 Å². The lowest BCUT2D eigenvalue weighted by Crippen LogP contribution is -2.49. The summed E-state index contributed by atoms with van der Waals surface area (Å²) in [7, 11) is 0. The maximum atomic E-state index is 12.9. The first kappa shape index (κ1) is 25.7. The molecular formula is C22H24F3N3O5. The van der Waals surface area contributed by atoms with E-state index < -0.39 is 43.9 Å². The number of amides is 3. The average molecular weight is 467 g/mol. The maximum Gasteiger partial charge on any atom is 0.471 e. The van der Waals surface area contributed by atoms with Crippen LogP contribution in [0.5, 0.6) is 0 Å². The summed E-state index contributed by atoms with van der Waals surface area (Å²) in [5.74, 6) is -2.12. The molecule has 0 aliphatic carbocycles. The van der Waals surface area contributed by atoms with Crippen LogP contribution in [0, 0.1) is 0 Å². The number of imide groups is 1. The van der Waals surface area contributed by atoms with E-state index >= 15 is 0 Å². The van der Waals surface area contributed by atoms with Gasteiger partial charge in [-0.25, -0.2) is 14.5 Å². The van der Waals surface area contributed by atoms with Gasteiger partial charge in [0.1, 0.15) is 13.2 Å². The van der Waals surface area contributed by atoms with Gasteiger partial charge in [0.25, 0.3) is 0 Å². The van der Waals surface area contributed by atoms with Gasteiger partial charge in [0.2, 0.25) is 0 Å². The highest BCUT2D eigenvalue weighted by Gasteiger charge is 2.42. The quantitative estimate of drug-likeness (QED) is 0.607. The summed E-state index contributed by atoms with van der Waals surface area (Å²) in [6.45, 7) is -2.17. The Morgan fingerprint density at radius 3 is 1.61 bits per heavy atom. The van der Waals surface area contributed by atoms with Crippen LogP contribution in [0.1, 0.15) is 11.1 Å². The second-order valence-corrected chi connectivity index (χ2v) is 6.81. The molecule has 0 aliphatic rings. The highest BCUT2D eigenvalue weighted by Crippen LogP contribution is 2.18. The van der Waals surface area contributed by atoms with E-state index in [0.29, 0.717) is 20.9 Å². The van der Waals surface area contributed by atoms with Crippen molar-refractivity contribution < 1.29 is 37.0 Å². The van der Waals surface area contributed by atoms with E-state index in [2.05, 4.69) is 0 Å². The molecule has 2 N–H and O–H groups in total. The second-order valence-electron chi connectivity index (χ2n) is 6.81. The third-order valence-electron chi connectivity index (χ3n) is 4.37. The summed E-state index contributed by atoms with van der Waals surface area (Å²) in [4.78, 5) is 37.7. The molecule has 0 aliphatic heterocycles. The number of hydrogen-bond donors (Lipinski definition) is 1. The Hall–Kier alpha value is -3.60. The lowest BCUT2D eigenvalue weighted by Gasteiger charge is -2.26. The van der Waals surface area contributed by atoms with Crippen LogP contribution in [0.3, 0.4) is 0 Å². The van der Waals surface area contributed by atoms with Gasteiger partial charge < -0.3 is 20.1 Å². The van der Waals surface area contributed by atoms with Crippen molar-refractivity contribution in [3.8, 4) is 0 Å². The molecule has 0 fully saturated rings. The molecule has 0 atom stereocenters. The molecule has 3 amide bonds. The number of nitrogens with two attached hydrogens (primary N) is 1. The minimum Gasteiger partial charge on any atom is -0.444 e. The van der Waals surface area contributed by atoms with E-state index in [1.54, 1.807) is 60.7 Å². The van der Waals surface area contributed by atoms with Crippen molar-refractivity contribution in [3.63, 3.8) is 0 Å². The van der Waals surface area contributed by atoms with Gasteiger partial charge in [-0.05, 0) is 11.1 Å². The van der Waals surface area contributed by atoms with Crippen molar-refractivity contribution >= 4 is 18.1 Å². The first-order valence-corrected chi connectivity index (χ1v) is 9.97. The zero-order chi connectivity index (χ0) is 24.3. The Morgan fingerprint density at radius 1 is 0.758 bits per heavy atom. The Kier molecular flexibility index (Phi) is 9.67. The van der Waals surface area contributed by atoms with Crippen LogP contribution >= 0.6 is 0 Å². The zero-order valence-electron chi connectivity index (χ0n) is 17.7. The van der Waals surface area contributed by atoms with Crippen LogP contribution in [0.15, 0.2) is 60.7 Å². The fraction of sp³-hybridized carbons (Fsp3) is 0.318. The van der Waals surface area contributed by atoms with Gasteiger partial charge in [-0.2, -0.15) is 13.2 Å². The fourth-order valence-corrected chi connectivity index (χ4v) is 2.72. The molecule has 0 bridgehead atoms. The molecule has 0 heterocycles. The molecule has 8 nitrogen and oxygen atoms in total. The Balaban J connectivity index is 2.09. The molecule has 0 radical (unpaired) electrons. The van der Waals surface area contributed by atoms with Crippen LogP contribution in [-0.4, -0.2) is 60.2 Å². The second kappa shape index (κ2) is 12.4. The SMILES string of the molecule is NCCN(CCN(C(=O)OCc1ccccc1)C(=O)OCc1ccccc1)C(=O)C(F)(F)F. The Morgan fingerprint density at radius 2 is 1.21 bits per heavy atom. The van der Waals surface area contributed by atoms with E-state index in [0.717, 1.165) is 0 Å². The van der Waals surface area contributed by atoms with Crippen molar-refractivity contribution in [3.05, 3.63) is 71.8 Å². The highest BCUT2D eigenvalue weighted by molar-refractivity contribution is 5.88. The Labute approximate surface area is 188 Å². The minimum absolute atomic E-state index is 0.171. The molecule has 0 saturated heterocycles. The number of benzene rings is 2. The molecule has 0 spiro atoms. The first-order valence-electron chi connectivity index (χ1n) is 9.97. The van der Waals surface area contributed by atoms with Crippen molar-refractivity contribution in [2.24, 2.45) is 5.73 Å². The third kappa shape index (κ3) is 8.45. The van der Waals surface area contributed by atoms with Gasteiger partial charge in [0.15, 0.2) is 0 Å². The van der Waals surface area contributed by atoms with Crippen molar-refractivity contribution in [1.29, 1.82) is 0 Å². The molecule has 0 unspecified atom stereocenters. The number of carbonyl (C=O) groups is 3. The topological polar surface area (TPSA) is 102 Å². The zero-order valence-corrected chi connectivity index (χ0v) is 17.7. The number of carbonyl (C=O) groups excluding carboxylic acids is 3. The van der Waals surface area contributed by atoms with E-state index in [4.69, 9.17) is 15.2 Å². The lowest BCUT2D eigenvalue weighted by atomic mass is 10.2. The molecular weight excluding hydrogens is 443 g/mol. The molecule has 2 aromatic rings. The van der Waals surface area contributed by atoms with Gasteiger partial charge in [-0.3, -0.25) is 4.79 Å². The van der Waals surface area contributed by atoms with Gasteiger partial charge in [0, 0.05) is 19.6 Å². The summed E-state index contributed by atoms with van der Waals surface area (Å²) >= 11 is 0. The molecule has 11 heteroatoms. The number of hydrogen-bond acceptors (Lipinski definition) is 6. The van der Waals surface area contributed by atoms with E-state index in [1.165, 1.54) is 0 Å². The first-order chi connectivity index (χ1) is 15.7. The highest BCUT2D eigenvalue weighted by atomic mass is 19.4. The summed E-state index contributed by atoms with van der Waals surface area (Å²) in [6.07, 6.45) is -7.37. The number of rotatable bonds is 9. The smallest absolute Gasteiger partial charge is 0.444 e. The number of ether oxygens (including phenoxy) is 2. The van der Waals surface area contributed by atoms with Gasteiger partial charge in [-0.1, -0.05) is 60.7 Å². The molecule has 2 aromatic carbocycles. The van der Waals surface area contributed by atoms with Crippen LogP contribution in [0.25, 0.3) is 0 Å². The largest absolute Gasteiger partial charge is 0.471 e. The molecule has 33 heavy (non-hydrogen) atoms. The van der Waals surface area contributed by atoms with E-state index in [1.807, 2.05) is 0 Å². The van der Waals surface area contributed by atoms with E-state index in [-0.39, 0.29) is 19.8 Å². The maximum absolute atomic E-state index is 12.9. The predicted molar refractivity (Wildman–Crippen MR) is 112 cm³/mol. The lowest BCUT2D eigenvalue weighted by molar-refractivity contribution is -0.185. The molecule has 0 aromatic heterocycles. The third-order valence-corrected chi connectivity index (χ3v) is 4.37. The Bertz CT molecular complexity index is 855. The van der Waals surface area contributed by atoms with Gasteiger partial charge in [0.05, 0.1) is 6.54 Å². The number of halogens is 3. The normalized spacial score (nSPS) is 10.9. The van der Waals surface area contributed by atoms with Crippen molar-refractivity contribution in [2.45, 2.75) is 19.4 Å². The number of alkyl halides is 3.